The standard InChI is InChI=1S/C22H24N4O2S/c1-14(29-21-24-23-20(26(21)5)18-11-8-12-28-18)17(27)13-19-22(2,3)15-9-6-7-10-16(15)25(19)4/h6-14H,1-5H3/b19-13-. The Balaban J connectivity index is 1.55. The monoisotopic (exact) mass is 408 g/mol. The zero-order valence-corrected chi connectivity index (χ0v) is 18.0. The first-order valence-electron chi connectivity index (χ1n) is 9.50. The highest BCUT2D eigenvalue weighted by Crippen LogP contribution is 2.46. The molecule has 0 spiro atoms. The molecule has 2 aromatic heterocycles. The first kappa shape index (κ1) is 19.5. The van der Waals surface area contributed by atoms with Gasteiger partial charge in [0.05, 0.1) is 11.5 Å². The molecule has 0 aliphatic carbocycles. The number of benzene rings is 1. The Kier molecular flexibility index (Phi) is 4.86. The lowest BCUT2D eigenvalue weighted by Gasteiger charge is -2.24. The molecular formula is C22H24N4O2S. The van der Waals surface area contributed by atoms with E-state index in [1.54, 1.807) is 12.3 Å². The van der Waals surface area contributed by atoms with Crippen molar-refractivity contribution in [2.75, 3.05) is 11.9 Å². The van der Waals surface area contributed by atoms with E-state index < -0.39 is 0 Å². The van der Waals surface area contributed by atoms with Crippen LogP contribution in [0.4, 0.5) is 5.69 Å². The van der Waals surface area contributed by atoms with Crippen LogP contribution >= 0.6 is 11.8 Å². The fourth-order valence-electron chi connectivity index (χ4n) is 3.77. The van der Waals surface area contributed by atoms with Crippen molar-refractivity contribution in [3.05, 3.63) is 60.0 Å². The molecule has 150 valence electrons. The molecule has 0 saturated heterocycles. The predicted octanol–water partition coefficient (Wildman–Crippen LogP) is 4.44. The lowest BCUT2D eigenvalue weighted by Crippen LogP contribution is -2.25. The van der Waals surface area contributed by atoms with Gasteiger partial charge in [-0.05, 0) is 30.7 Å². The molecule has 0 saturated carbocycles. The van der Waals surface area contributed by atoms with Gasteiger partial charge in [0, 0.05) is 37.0 Å². The quantitative estimate of drug-likeness (QED) is 0.459. The topological polar surface area (TPSA) is 64.2 Å². The van der Waals surface area contributed by atoms with Crippen molar-refractivity contribution in [1.29, 1.82) is 0 Å². The first-order chi connectivity index (χ1) is 13.8. The van der Waals surface area contributed by atoms with Crippen LogP contribution in [0.3, 0.4) is 0 Å². The number of rotatable bonds is 5. The molecule has 1 unspecified atom stereocenters. The summed E-state index contributed by atoms with van der Waals surface area (Å²) in [5.41, 5.74) is 3.17. The summed E-state index contributed by atoms with van der Waals surface area (Å²) in [4.78, 5) is 15.1. The van der Waals surface area contributed by atoms with Crippen molar-refractivity contribution < 1.29 is 9.21 Å². The van der Waals surface area contributed by atoms with Gasteiger partial charge in [-0.15, -0.1) is 10.2 Å². The lowest BCUT2D eigenvalue weighted by molar-refractivity contribution is -0.114. The first-order valence-corrected chi connectivity index (χ1v) is 10.4. The third-order valence-corrected chi connectivity index (χ3v) is 6.63. The van der Waals surface area contributed by atoms with Gasteiger partial charge < -0.3 is 13.9 Å². The summed E-state index contributed by atoms with van der Waals surface area (Å²) in [5, 5.41) is 8.82. The van der Waals surface area contributed by atoms with Gasteiger partial charge in [0.15, 0.2) is 22.5 Å². The Morgan fingerprint density at radius 3 is 2.62 bits per heavy atom. The minimum Gasteiger partial charge on any atom is -0.461 e. The van der Waals surface area contributed by atoms with Crippen molar-refractivity contribution in [2.45, 2.75) is 36.6 Å². The molecular weight excluding hydrogens is 384 g/mol. The Morgan fingerprint density at radius 1 is 1.17 bits per heavy atom. The number of carbonyl (C=O) groups is 1. The zero-order chi connectivity index (χ0) is 20.8. The fraction of sp³-hybridized carbons (Fsp3) is 0.318. The molecule has 3 aromatic rings. The lowest BCUT2D eigenvalue weighted by atomic mass is 9.83. The van der Waals surface area contributed by atoms with Gasteiger partial charge in [-0.1, -0.05) is 43.8 Å². The molecule has 0 fully saturated rings. The molecule has 0 bridgehead atoms. The van der Waals surface area contributed by atoms with E-state index in [0.29, 0.717) is 16.7 Å². The number of allylic oxidation sites excluding steroid dienone is 2. The Hall–Kier alpha value is -2.80. The van der Waals surface area contributed by atoms with Crippen molar-refractivity contribution in [3.8, 4) is 11.6 Å². The second-order valence-corrected chi connectivity index (χ2v) is 9.04. The molecule has 0 N–H and O–H groups in total. The van der Waals surface area contributed by atoms with E-state index in [2.05, 4.69) is 41.1 Å². The molecule has 1 aliphatic heterocycles. The minimum absolute atomic E-state index is 0.0558. The normalized spacial score (nSPS) is 17.6. The average Bonchev–Trinajstić information content (AvgIpc) is 3.39. The largest absolute Gasteiger partial charge is 0.461 e. The maximum atomic E-state index is 13.0. The molecule has 3 heterocycles. The summed E-state index contributed by atoms with van der Waals surface area (Å²) in [6.07, 6.45) is 3.38. The van der Waals surface area contributed by atoms with E-state index >= 15 is 0 Å². The maximum Gasteiger partial charge on any atom is 0.200 e. The van der Waals surface area contributed by atoms with E-state index in [9.17, 15) is 4.79 Å². The molecule has 0 amide bonds. The number of anilines is 1. The van der Waals surface area contributed by atoms with Gasteiger partial charge in [0.25, 0.3) is 0 Å². The number of hydrogen-bond donors (Lipinski definition) is 0. The SMILES string of the molecule is CC(Sc1nnc(-c2ccco2)n1C)C(=O)/C=C1\N(C)c2ccccc2C1(C)C. The number of furan rings is 1. The van der Waals surface area contributed by atoms with Gasteiger partial charge >= 0.3 is 0 Å². The number of fused-ring (bicyclic) bond motifs is 1. The Morgan fingerprint density at radius 2 is 1.93 bits per heavy atom. The summed E-state index contributed by atoms with van der Waals surface area (Å²) in [7, 11) is 3.89. The molecule has 0 radical (unpaired) electrons. The summed E-state index contributed by atoms with van der Waals surface area (Å²) in [6.45, 7) is 6.22. The smallest absolute Gasteiger partial charge is 0.200 e. The molecule has 1 atom stereocenters. The van der Waals surface area contributed by atoms with E-state index in [0.717, 1.165) is 11.4 Å². The summed E-state index contributed by atoms with van der Waals surface area (Å²) in [6, 6.07) is 11.9. The third-order valence-electron chi connectivity index (χ3n) is 5.48. The van der Waals surface area contributed by atoms with Crippen LogP contribution in [-0.4, -0.2) is 32.8 Å². The van der Waals surface area contributed by atoms with E-state index in [-0.39, 0.29) is 16.4 Å². The summed E-state index contributed by atoms with van der Waals surface area (Å²) < 4.78 is 7.25. The maximum absolute atomic E-state index is 13.0. The number of hydrogen-bond acceptors (Lipinski definition) is 6. The van der Waals surface area contributed by atoms with E-state index in [4.69, 9.17) is 4.42 Å². The van der Waals surface area contributed by atoms with Gasteiger partial charge in [-0.3, -0.25) is 4.79 Å². The van der Waals surface area contributed by atoms with E-state index in [1.807, 2.05) is 49.9 Å². The van der Waals surface area contributed by atoms with Crippen LogP contribution in [0, 0.1) is 0 Å². The second kappa shape index (κ2) is 7.22. The van der Waals surface area contributed by atoms with Crippen LogP contribution in [0.2, 0.25) is 0 Å². The minimum atomic E-state index is -0.289. The van der Waals surface area contributed by atoms with Crippen molar-refractivity contribution >= 4 is 23.2 Å². The van der Waals surface area contributed by atoms with Crippen LogP contribution in [0.15, 0.2) is 64.0 Å². The van der Waals surface area contributed by atoms with Crippen molar-refractivity contribution in [3.63, 3.8) is 0 Å². The van der Waals surface area contributed by atoms with Crippen LogP contribution in [0.25, 0.3) is 11.6 Å². The number of para-hydroxylation sites is 1. The number of aromatic nitrogens is 3. The zero-order valence-electron chi connectivity index (χ0n) is 17.2. The average molecular weight is 409 g/mol. The van der Waals surface area contributed by atoms with Crippen LogP contribution < -0.4 is 4.90 Å². The van der Waals surface area contributed by atoms with Gasteiger partial charge in [0.1, 0.15) is 0 Å². The predicted molar refractivity (Wildman–Crippen MR) is 115 cm³/mol. The summed E-state index contributed by atoms with van der Waals surface area (Å²) >= 11 is 1.40. The Bertz CT molecular complexity index is 1080. The molecule has 1 aliphatic rings. The van der Waals surface area contributed by atoms with Crippen LogP contribution in [0.1, 0.15) is 26.3 Å². The van der Waals surface area contributed by atoms with Gasteiger partial charge in [-0.25, -0.2) is 0 Å². The number of ketones is 1. The molecule has 7 heteroatoms. The fourth-order valence-corrected chi connectivity index (χ4v) is 4.60. The summed E-state index contributed by atoms with van der Waals surface area (Å²) in [5.74, 6) is 1.35. The van der Waals surface area contributed by atoms with Gasteiger partial charge in [0.2, 0.25) is 0 Å². The highest BCUT2D eigenvalue weighted by molar-refractivity contribution is 8.00. The van der Waals surface area contributed by atoms with Crippen molar-refractivity contribution in [2.24, 2.45) is 7.05 Å². The molecule has 4 rings (SSSR count). The highest BCUT2D eigenvalue weighted by atomic mass is 32.2. The molecule has 29 heavy (non-hydrogen) atoms. The number of carbonyl (C=O) groups excluding carboxylic acids is 1. The molecule has 6 nitrogen and oxygen atoms in total. The van der Waals surface area contributed by atoms with E-state index in [1.165, 1.54) is 17.3 Å². The highest BCUT2D eigenvalue weighted by Gasteiger charge is 2.38. The van der Waals surface area contributed by atoms with Crippen LogP contribution in [-0.2, 0) is 17.3 Å². The second-order valence-electron chi connectivity index (χ2n) is 7.74. The molecule has 1 aromatic carbocycles. The third kappa shape index (κ3) is 3.29. The van der Waals surface area contributed by atoms with Gasteiger partial charge in [-0.2, -0.15) is 0 Å². The van der Waals surface area contributed by atoms with Crippen LogP contribution in [0.5, 0.6) is 0 Å². The number of thioether (sulfide) groups is 1. The number of nitrogens with zero attached hydrogens (tertiary/aromatic N) is 4. The Labute approximate surface area is 174 Å². The van der Waals surface area contributed by atoms with Crippen molar-refractivity contribution in [1.82, 2.24) is 14.8 Å². The number of likely N-dealkylation sites (N-methyl/N-ethyl adjacent to an activating group) is 1.